The molecule has 1 heterocycles. The number of carbonyl (C=O) groups is 1. The fourth-order valence-corrected chi connectivity index (χ4v) is 4.83. The number of halogens is 2. The first-order valence-electron chi connectivity index (χ1n) is 10.9. The van der Waals surface area contributed by atoms with E-state index in [9.17, 15) is 4.79 Å². The van der Waals surface area contributed by atoms with E-state index in [0.29, 0.717) is 6.04 Å². The molecule has 1 fully saturated rings. The van der Waals surface area contributed by atoms with Crippen molar-refractivity contribution < 1.29 is 4.79 Å². The number of amides is 1. The Morgan fingerprint density at radius 2 is 1.94 bits per heavy atom. The van der Waals surface area contributed by atoms with Gasteiger partial charge in [-0.25, -0.2) is 0 Å². The second-order valence-electron chi connectivity index (χ2n) is 8.27. The highest BCUT2D eigenvalue weighted by atomic mass is 79.9. The van der Waals surface area contributed by atoms with Gasteiger partial charge in [-0.3, -0.25) is 9.69 Å². The molecule has 1 atom stereocenters. The molecule has 1 unspecified atom stereocenters. The molecule has 0 saturated heterocycles. The van der Waals surface area contributed by atoms with Crippen molar-refractivity contribution in [2.75, 3.05) is 19.3 Å². The summed E-state index contributed by atoms with van der Waals surface area (Å²) >= 11 is 9.68. The Hall–Kier alpha value is -1.82. The first kappa shape index (κ1) is 23.8. The number of nitrogens with one attached hydrogen (secondary N) is 1. The first-order chi connectivity index (χ1) is 15.0. The van der Waals surface area contributed by atoms with Crippen LogP contribution in [0.5, 0.6) is 0 Å². The lowest BCUT2D eigenvalue weighted by Crippen LogP contribution is -2.29. The number of hydrogen-bond donors (Lipinski definition) is 2. The average molecular weight is 505 g/mol. The number of nitrogen functional groups attached to an aromatic ring is 1. The monoisotopic (exact) mass is 503 g/mol. The van der Waals surface area contributed by atoms with E-state index in [1.54, 1.807) is 0 Å². The van der Waals surface area contributed by atoms with E-state index in [1.165, 1.54) is 43.2 Å². The van der Waals surface area contributed by atoms with E-state index in [0.717, 1.165) is 40.1 Å². The molecule has 4 rings (SSSR count). The molecule has 1 amide bonds. The van der Waals surface area contributed by atoms with Gasteiger partial charge < -0.3 is 11.1 Å². The smallest absolute Gasteiger partial charge is 0.207 e. The van der Waals surface area contributed by atoms with Gasteiger partial charge in [0.2, 0.25) is 6.41 Å². The Morgan fingerprint density at radius 3 is 2.65 bits per heavy atom. The predicted molar refractivity (Wildman–Crippen MR) is 134 cm³/mol. The quantitative estimate of drug-likeness (QED) is 0.384. The van der Waals surface area contributed by atoms with Gasteiger partial charge in [-0.1, -0.05) is 65.0 Å². The minimum atomic E-state index is 0.223. The molecule has 2 aromatic carbocycles. The molecule has 2 aliphatic rings. The molecule has 1 aliphatic carbocycles. The highest BCUT2D eigenvalue weighted by Crippen LogP contribution is 2.36. The number of benzene rings is 2. The van der Waals surface area contributed by atoms with Gasteiger partial charge in [0.05, 0.1) is 6.04 Å². The van der Waals surface area contributed by atoms with Crippen molar-refractivity contribution in [1.82, 2.24) is 10.2 Å². The van der Waals surface area contributed by atoms with Gasteiger partial charge in [-0.2, -0.15) is 0 Å². The first-order valence-corrected chi connectivity index (χ1v) is 12.1. The van der Waals surface area contributed by atoms with Crippen molar-refractivity contribution in [1.29, 1.82) is 0 Å². The summed E-state index contributed by atoms with van der Waals surface area (Å²) in [6.45, 7) is 0.995. The number of hydrogen-bond acceptors (Lipinski definition) is 3. The molecule has 31 heavy (non-hydrogen) atoms. The van der Waals surface area contributed by atoms with Crippen molar-refractivity contribution >= 4 is 45.2 Å². The topological polar surface area (TPSA) is 58.4 Å². The SMILES string of the molecule is CN1CCC(c2cc(Br)ccc2N)=CC1c1cccc(Cl)c1.O=CNC1CCCCC1. The standard InChI is InChI=1S/C18H18BrClN2.C7H13NO/c1-22-8-7-12(16-11-14(19)5-6-17(16)21)10-18(22)13-3-2-4-15(20)9-13;9-6-8-7-4-2-1-3-5-7/h2-6,9-11,18H,7-8,21H2,1H3;6-7H,1-5H2,(H,8,9). The second kappa shape index (κ2) is 11.7. The van der Waals surface area contributed by atoms with Gasteiger partial charge in [0, 0.05) is 33.3 Å². The third-order valence-electron chi connectivity index (χ3n) is 6.03. The van der Waals surface area contributed by atoms with Crippen molar-refractivity contribution in [2.24, 2.45) is 0 Å². The zero-order chi connectivity index (χ0) is 22.2. The van der Waals surface area contributed by atoms with Gasteiger partial charge in [0.1, 0.15) is 0 Å². The lowest BCUT2D eigenvalue weighted by atomic mass is 9.92. The van der Waals surface area contributed by atoms with E-state index in [-0.39, 0.29) is 6.04 Å². The average Bonchev–Trinajstić information content (AvgIpc) is 2.77. The van der Waals surface area contributed by atoms with Crippen LogP contribution in [0.2, 0.25) is 5.02 Å². The zero-order valence-corrected chi connectivity index (χ0v) is 20.3. The minimum Gasteiger partial charge on any atom is -0.398 e. The molecule has 3 N–H and O–H groups in total. The van der Waals surface area contributed by atoms with E-state index < -0.39 is 0 Å². The number of nitrogens with zero attached hydrogens (tertiary/aromatic N) is 1. The van der Waals surface area contributed by atoms with E-state index in [4.69, 9.17) is 17.3 Å². The highest BCUT2D eigenvalue weighted by Gasteiger charge is 2.22. The molecule has 166 valence electrons. The largest absolute Gasteiger partial charge is 0.398 e. The maximum Gasteiger partial charge on any atom is 0.207 e. The Morgan fingerprint density at radius 1 is 1.16 bits per heavy atom. The molecule has 1 aliphatic heterocycles. The van der Waals surface area contributed by atoms with E-state index >= 15 is 0 Å². The van der Waals surface area contributed by atoms with Gasteiger partial charge in [-0.15, -0.1) is 0 Å². The molecular formula is C25H31BrClN3O. The molecule has 0 radical (unpaired) electrons. The van der Waals surface area contributed by atoms with Gasteiger partial charge in [0.25, 0.3) is 0 Å². The Bertz CT molecular complexity index is 911. The highest BCUT2D eigenvalue weighted by molar-refractivity contribution is 9.10. The number of rotatable bonds is 4. The van der Waals surface area contributed by atoms with E-state index in [1.807, 2.05) is 30.3 Å². The summed E-state index contributed by atoms with van der Waals surface area (Å²) in [6.07, 6.45) is 10.4. The summed E-state index contributed by atoms with van der Waals surface area (Å²) in [5.74, 6) is 0. The third kappa shape index (κ3) is 6.83. The molecule has 4 nitrogen and oxygen atoms in total. The van der Waals surface area contributed by atoms with Crippen LogP contribution in [-0.4, -0.2) is 30.9 Å². The normalized spacial score (nSPS) is 19.7. The predicted octanol–water partition coefficient (Wildman–Crippen LogP) is 6.21. The van der Waals surface area contributed by atoms with Crippen LogP contribution in [0.3, 0.4) is 0 Å². The summed E-state index contributed by atoms with van der Waals surface area (Å²) in [5, 5.41) is 3.58. The van der Waals surface area contributed by atoms with Crippen LogP contribution in [-0.2, 0) is 4.79 Å². The third-order valence-corrected chi connectivity index (χ3v) is 6.76. The second-order valence-corrected chi connectivity index (χ2v) is 9.63. The maximum atomic E-state index is 9.96. The fourth-order valence-electron chi connectivity index (χ4n) is 4.27. The van der Waals surface area contributed by atoms with Crippen LogP contribution in [0.4, 0.5) is 5.69 Å². The van der Waals surface area contributed by atoms with Crippen LogP contribution in [0.25, 0.3) is 5.57 Å². The molecule has 0 aromatic heterocycles. The van der Waals surface area contributed by atoms with Gasteiger partial charge in [-0.05, 0) is 67.8 Å². The summed E-state index contributed by atoms with van der Waals surface area (Å²) < 4.78 is 1.05. The molecule has 2 aromatic rings. The lowest BCUT2D eigenvalue weighted by molar-refractivity contribution is -0.110. The summed E-state index contributed by atoms with van der Waals surface area (Å²) in [5.41, 5.74) is 10.6. The minimum absolute atomic E-state index is 0.223. The number of carbonyl (C=O) groups excluding carboxylic acids is 1. The van der Waals surface area contributed by atoms with Gasteiger partial charge in [0.15, 0.2) is 0 Å². The Balaban J connectivity index is 0.000000254. The zero-order valence-electron chi connectivity index (χ0n) is 18.0. The molecule has 0 bridgehead atoms. The fraction of sp³-hybridized carbons (Fsp3) is 0.400. The summed E-state index contributed by atoms with van der Waals surface area (Å²) in [6, 6.07) is 14.8. The number of nitrogens with two attached hydrogens (primary N) is 1. The van der Waals surface area contributed by atoms with Crippen LogP contribution >= 0.6 is 27.5 Å². The van der Waals surface area contributed by atoms with Crippen LogP contribution < -0.4 is 11.1 Å². The van der Waals surface area contributed by atoms with Gasteiger partial charge >= 0.3 is 0 Å². The van der Waals surface area contributed by atoms with Crippen molar-refractivity contribution in [3.63, 3.8) is 0 Å². The lowest BCUT2D eigenvalue weighted by Gasteiger charge is -2.32. The Kier molecular flexibility index (Phi) is 9.00. The van der Waals surface area contributed by atoms with Crippen LogP contribution in [0, 0.1) is 0 Å². The maximum absolute atomic E-state index is 9.96. The van der Waals surface area contributed by atoms with Crippen LogP contribution in [0.15, 0.2) is 53.0 Å². The van der Waals surface area contributed by atoms with Crippen LogP contribution in [0.1, 0.15) is 55.7 Å². The summed E-state index contributed by atoms with van der Waals surface area (Å²) in [7, 11) is 2.14. The molecule has 1 saturated carbocycles. The van der Waals surface area contributed by atoms with E-state index in [2.05, 4.69) is 51.4 Å². The van der Waals surface area contributed by atoms with Crippen molar-refractivity contribution in [2.45, 2.75) is 50.6 Å². The van der Waals surface area contributed by atoms with Crippen molar-refractivity contribution in [3.05, 3.63) is 69.2 Å². The Labute approximate surface area is 199 Å². The molecule has 0 spiro atoms. The number of anilines is 1. The van der Waals surface area contributed by atoms with Crippen molar-refractivity contribution in [3.8, 4) is 0 Å². The molecule has 6 heteroatoms. The number of likely N-dealkylation sites (N-methyl/N-ethyl adjacent to an activating group) is 1. The summed E-state index contributed by atoms with van der Waals surface area (Å²) in [4.78, 5) is 12.3. The molecular weight excluding hydrogens is 474 g/mol.